The normalized spacial score (nSPS) is 12.6. The Hall–Kier alpha value is -2.54. The second-order valence-electron chi connectivity index (χ2n) is 5.19. The van der Waals surface area contributed by atoms with E-state index in [9.17, 15) is 4.79 Å². The summed E-state index contributed by atoms with van der Waals surface area (Å²) in [5.74, 6) is 0.994. The molecule has 0 radical (unpaired) electrons. The molecule has 0 amide bonds. The summed E-state index contributed by atoms with van der Waals surface area (Å²) < 4.78 is 6.53. The largest absolute Gasteiger partial charge is 0.337 e. The molecule has 0 bridgehead atoms. The first-order chi connectivity index (χ1) is 10.7. The molecule has 22 heavy (non-hydrogen) atoms. The molecule has 2 heterocycles. The molecular weight excluding hydrogens is 282 g/mol. The van der Waals surface area contributed by atoms with Crippen LogP contribution in [0.25, 0.3) is 10.8 Å². The van der Waals surface area contributed by atoms with E-state index in [1.54, 1.807) is 12.3 Å². The minimum absolute atomic E-state index is 0.165. The minimum Gasteiger partial charge on any atom is -0.337 e. The van der Waals surface area contributed by atoms with Gasteiger partial charge in [0.2, 0.25) is 5.89 Å². The van der Waals surface area contributed by atoms with E-state index in [1.807, 2.05) is 32.2 Å². The average Bonchev–Trinajstić information content (AvgIpc) is 2.97. The third kappa shape index (κ3) is 2.89. The molecule has 0 spiro atoms. The quantitative estimate of drug-likeness (QED) is 0.756. The summed E-state index contributed by atoms with van der Waals surface area (Å²) >= 11 is 0. The molecule has 0 fully saturated rings. The van der Waals surface area contributed by atoms with Crippen LogP contribution < -0.4 is 10.9 Å². The lowest BCUT2D eigenvalue weighted by Gasteiger charge is -2.04. The molecule has 3 aromatic rings. The van der Waals surface area contributed by atoms with Crippen molar-refractivity contribution in [1.29, 1.82) is 0 Å². The van der Waals surface area contributed by atoms with Crippen LogP contribution in [0.5, 0.6) is 0 Å². The van der Waals surface area contributed by atoms with E-state index in [4.69, 9.17) is 4.52 Å². The molecule has 1 unspecified atom stereocenters. The third-order valence-corrected chi connectivity index (χ3v) is 3.54. The summed E-state index contributed by atoms with van der Waals surface area (Å²) in [6.45, 7) is 2.20. The Morgan fingerprint density at radius 3 is 3.00 bits per heavy atom. The summed E-state index contributed by atoms with van der Waals surface area (Å²) in [6, 6.07) is 7.60. The van der Waals surface area contributed by atoms with Gasteiger partial charge in [0, 0.05) is 17.8 Å². The highest BCUT2D eigenvalue weighted by Crippen LogP contribution is 2.07. The number of rotatable bonds is 5. The number of hydrogen-bond acceptors (Lipinski definition) is 6. The van der Waals surface area contributed by atoms with Gasteiger partial charge in [0.1, 0.15) is 6.54 Å². The van der Waals surface area contributed by atoms with Crippen molar-refractivity contribution in [3.05, 3.63) is 52.5 Å². The predicted molar refractivity (Wildman–Crippen MR) is 81.6 cm³/mol. The molecule has 7 nitrogen and oxygen atoms in total. The van der Waals surface area contributed by atoms with E-state index < -0.39 is 0 Å². The van der Waals surface area contributed by atoms with Gasteiger partial charge in [-0.3, -0.25) is 4.79 Å². The molecule has 7 heteroatoms. The van der Waals surface area contributed by atoms with Crippen LogP contribution in [0, 0.1) is 0 Å². The zero-order chi connectivity index (χ0) is 15.5. The molecule has 0 saturated carbocycles. The van der Waals surface area contributed by atoms with Crippen molar-refractivity contribution >= 4 is 10.8 Å². The van der Waals surface area contributed by atoms with E-state index in [-0.39, 0.29) is 18.1 Å². The van der Waals surface area contributed by atoms with Gasteiger partial charge in [-0.1, -0.05) is 23.4 Å². The molecule has 2 aromatic heterocycles. The van der Waals surface area contributed by atoms with Crippen LogP contribution in [0.1, 0.15) is 18.6 Å². The molecule has 0 aliphatic heterocycles. The zero-order valence-corrected chi connectivity index (χ0v) is 12.5. The first-order valence-electron chi connectivity index (χ1n) is 7.11. The Morgan fingerprint density at radius 2 is 2.18 bits per heavy atom. The van der Waals surface area contributed by atoms with Gasteiger partial charge >= 0.3 is 0 Å². The standard InChI is InChI=1S/C15H17N5O2/c1-10(16-2)7-13-18-14(22-19-13)9-20-15(21)12-6-4-3-5-11(12)8-17-20/h3-6,8,10,16H,7,9H2,1-2H3. The molecule has 1 atom stereocenters. The zero-order valence-electron chi connectivity index (χ0n) is 12.5. The Morgan fingerprint density at radius 1 is 1.36 bits per heavy atom. The van der Waals surface area contributed by atoms with Crippen molar-refractivity contribution in [2.75, 3.05) is 7.05 Å². The molecule has 0 aliphatic carbocycles. The van der Waals surface area contributed by atoms with E-state index in [0.717, 1.165) is 5.39 Å². The van der Waals surface area contributed by atoms with E-state index in [2.05, 4.69) is 20.6 Å². The smallest absolute Gasteiger partial charge is 0.275 e. The Balaban J connectivity index is 1.84. The van der Waals surface area contributed by atoms with Gasteiger partial charge in [-0.25, -0.2) is 4.68 Å². The van der Waals surface area contributed by atoms with E-state index >= 15 is 0 Å². The fourth-order valence-electron chi connectivity index (χ4n) is 2.18. The Bertz CT molecular complexity index is 839. The van der Waals surface area contributed by atoms with Gasteiger partial charge in [-0.05, 0) is 20.0 Å². The second-order valence-corrected chi connectivity index (χ2v) is 5.19. The summed E-state index contributed by atoms with van der Waals surface area (Å²) in [4.78, 5) is 16.7. The predicted octanol–water partition coefficient (Wildman–Crippen LogP) is 0.978. The van der Waals surface area contributed by atoms with E-state index in [0.29, 0.717) is 23.5 Å². The lowest BCUT2D eigenvalue weighted by molar-refractivity contribution is 0.357. The highest BCUT2D eigenvalue weighted by molar-refractivity contribution is 5.80. The minimum atomic E-state index is -0.165. The average molecular weight is 299 g/mol. The first-order valence-corrected chi connectivity index (χ1v) is 7.11. The number of nitrogens with one attached hydrogen (secondary N) is 1. The topological polar surface area (TPSA) is 85.8 Å². The van der Waals surface area contributed by atoms with Crippen molar-refractivity contribution in [3.8, 4) is 0 Å². The molecule has 1 N–H and O–H groups in total. The first kappa shape index (κ1) is 14.4. The lowest BCUT2D eigenvalue weighted by Crippen LogP contribution is -2.24. The number of fused-ring (bicyclic) bond motifs is 1. The highest BCUT2D eigenvalue weighted by atomic mass is 16.5. The van der Waals surface area contributed by atoms with Crippen LogP contribution in [-0.4, -0.2) is 33.0 Å². The molecular formula is C15H17N5O2. The number of likely N-dealkylation sites (N-methyl/N-ethyl adjacent to an activating group) is 1. The highest BCUT2D eigenvalue weighted by Gasteiger charge is 2.12. The number of nitrogens with zero attached hydrogens (tertiary/aromatic N) is 4. The van der Waals surface area contributed by atoms with Crippen molar-refractivity contribution in [2.24, 2.45) is 0 Å². The Kier molecular flexibility index (Phi) is 3.97. The monoisotopic (exact) mass is 299 g/mol. The van der Waals surface area contributed by atoms with E-state index in [1.165, 1.54) is 4.68 Å². The molecule has 3 rings (SSSR count). The molecule has 1 aromatic carbocycles. The van der Waals surface area contributed by atoms with Crippen molar-refractivity contribution in [2.45, 2.75) is 25.9 Å². The van der Waals surface area contributed by atoms with Gasteiger partial charge in [0.15, 0.2) is 5.82 Å². The summed E-state index contributed by atoms with van der Waals surface area (Å²) in [5.41, 5.74) is -0.165. The number of hydrogen-bond donors (Lipinski definition) is 1. The molecule has 114 valence electrons. The van der Waals surface area contributed by atoms with Crippen LogP contribution in [0.15, 0.2) is 39.8 Å². The fraction of sp³-hybridized carbons (Fsp3) is 0.333. The second kappa shape index (κ2) is 6.07. The van der Waals surface area contributed by atoms with Crippen LogP contribution >= 0.6 is 0 Å². The molecule has 0 saturated heterocycles. The third-order valence-electron chi connectivity index (χ3n) is 3.54. The number of benzene rings is 1. The van der Waals surface area contributed by atoms with Crippen LogP contribution in [0.3, 0.4) is 0 Å². The van der Waals surface area contributed by atoms with Gasteiger partial charge in [-0.15, -0.1) is 0 Å². The fourth-order valence-corrected chi connectivity index (χ4v) is 2.18. The van der Waals surface area contributed by atoms with Gasteiger partial charge < -0.3 is 9.84 Å². The maximum Gasteiger partial charge on any atom is 0.275 e. The summed E-state index contributed by atoms with van der Waals surface area (Å²) in [5, 5.41) is 12.6. The van der Waals surface area contributed by atoms with Crippen LogP contribution in [-0.2, 0) is 13.0 Å². The van der Waals surface area contributed by atoms with Crippen molar-refractivity contribution in [1.82, 2.24) is 25.2 Å². The van der Waals surface area contributed by atoms with Crippen molar-refractivity contribution in [3.63, 3.8) is 0 Å². The number of aromatic nitrogens is 4. The summed E-state index contributed by atoms with van der Waals surface area (Å²) in [6.07, 6.45) is 2.33. The lowest BCUT2D eigenvalue weighted by atomic mass is 10.2. The summed E-state index contributed by atoms with van der Waals surface area (Å²) in [7, 11) is 1.88. The van der Waals surface area contributed by atoms with Gasteiger partial charge in [0.05, 0.1) is 11.6 Å². The maximum absolute atomic E-state index is 12.4. The van der Waals surface area contributed by atoms with Crippen LogP contribution in [0.2, 0.25) is 0 Å². The maximum atomic E-state index is 12.4. The SMILES string of the molecule is CNC(C)Cc1noc(Cn2ncc3ccccc3c2=O)n1. The van der Waals surface area contributed by atoms with Gasteiger partial charge in [0.25, 0.3) is 5.56 Å². The molecule has 0 aliphatic rings. The van der Waals surface area contributed by atoms with Crippen LogP contribution in [0.4, 0.5) is 0 Å². The van der Waals surface area contributed by atoms with Gasteiger partial charge in [-0.2, -0.15) is 10.1 Å². The Labute approximate surface area is 127 Å². The van der Waals surface area contributed by atoms with Crippen molar-refractivity contribution < 1.29 is 4.52 Å².